The lowest BCUT2D eigenvalue weighted by Gasteiger charge is -2.15. The Morgan fingerprint density at radius 3 is 2.22 bits per heavy atom. The van der Waals surface area contributed by atoms with Gasteiger partial charge >= 0.3 is 0 Å². The number of nitrogens with zero attached hydrogens (tertiary/aromatic N) is 1. The van der Waals surface area contributed by atoms with Crippen molar-refractivity contribution in [3.63, 3.8) is 0 Å². The highest BCUT2D eigenvalue weighted by molar-refractivity contribution is 6.53. The fourth-order valence-electron chi connectivity index (χ4n) is 3.57. The van der Waals surface area contributed by atoms with Crippen LogP contribution in [0.5, 0.6) is 5.75 Å². The Balaban J connectivity index is 1.45. The topological polar surface area (TPSA) is 105 Å². The molecule has 182 valence electrons. The standard InChI is InChI=1S/C27H22ClN3O5/c1-3-36-22-13-11-21(12-14-22)31-26(34)23(28)24(27(31)35)29-19-9-7-17(8-10-19)25(33)30-20-6-4-5-18(15-20)16(2)32/h4-15,29H,3H2,1-2H3,(H,30,33). The number of carbonyl (C=O) groups excluding carboxylic acids is 4. The average Bonchev–Trinajstić information content (AvgIpc) is 3.08. The van der Waals surface area contributed by atoms with Gasteiger partial charge in [-0.1, -0.05) is 23.7 Å². The molecular weight excluding hydrogens is 482 g/mol. The number of nitrogens with one attached hydrogen (secondary N) is 2. The molecule has 8 nitrogen and oxygen atoms in total. The lowest BCUT2D eigenvalue weighted by Crippen LogP contribution is -2.32. The number of Topliss-reactive ketones (excluding diaryl/α,β-unsaturated/α-hetero) is 1. The van der Waals surface area contributed by atoms with Gasteiger partial charge in [0.05, 0.1) is 12.3 Å². The van der Waals surface area contributed by atoms with Crippen LogP contribution in [0.2, 0.25) is 0 Å². The van der Waals surface area contributed by atoms with Crippen LogP contribution in [-0.2, 0) is 9.59 Å². The van der Waals surface area contributed by atoms with Gasteiger partial charge in [0.1, 0.15) is 16.5 Å². The van der Waals surface area contributed by atoms with Gasteiger partial charge in [-0.2, -0.15) is 0 Å². The summed E-state index contributed by atoms with van der Waals surface area (Å²) in [5, 5.41) is 5.39. The summed E-state index contributed by atoms with van der Waals surface area (Å²) in [5.41, 5.74) is 2.12. The maximum absolute atomic E-state index is 13.0. The molecule has 0 atom stereocenters. The lowest BCUT2D eigenvalue weighted by atomic mass is 10.1. The van der Waals surface area contributed by atoms with E-state index < -0.39 is 11.8 Å². The second-order valence-electron chi connectivity index (χ2n) is 7.86. The summed E-state index contributed by atoms with van der Waals surface area (Å²) in [5.74, 6) is -1.09. The molecule has 0 saturated heterocycles. The van der Waals surface area contributed by atoms with E-state index in [1.54, 1.807) is 72.8 Å². The molecule has 1 aliphatic rings. The van der Waals surface area contributed by atoms with E-state index in [0.29, 0.717) is 40.5 Å². The molecule has 3 aromatic carbocycles. The van der Waals surface area contributed by atoms with Crippen LogP contribution in [0.4, 0.5) is 17.1 Å². The van der Waals surface area contributed by atoms with E-state index in [-0.39, 0.29) is 22.4 Å². The van der Waals surface area contributed by atoms with Crippen LogP contribution in [-0.4, -0.2) is 30.1 Å². The minimum Gasteiger partial charge on any atom is -0.494 e. The predicted molar refractivity (Wildman–Crippen MR) is 137 cm³/mol. The van der Waals surface area contributed by atoms with E-state index >= 15 is 0 Å². The van der Waals surface area contributed by atoms with E-state index in [1.165, 1.54) is 6.92 Å². The monoisotopic (exact) mass is 503 g/mol. The van der Waals surface area contributed by atoms with Crippen molar-refractivity contribution in [3.8, 4) is 5.75 Å². The summed E-state index contributed by atoms with van der Waals surface area (Å²) in [6, 6.07) is 19.5. The molecule has 36 heavy (non-hydrogen) atoms. The third-order valence-electron chi connectivity index (χ3n) is 5.38. The number of hydrogen-bond donors (Lipinski definition) is 2. The largest absolute Gasteiger partial charge is 0.494 e. The van der Waals surface area contributed by atoms with Gasteiger partial charge in [0, 0.05) is 22.5 Å². The number of halogens is 1. The van der Waals surface area contributed by atoms with Gasteiger partial charge in [-0.15, -0.1) is 0 Å². The third-order valence-corrected chi connectivity index (χ3v) is 5.73. The lowest BCUT2D eigenvalue weighted by molar-refractivity contribution is -0.120. The summed E-state index contributed by atoms with van der Waals surface area (Å²) in [6.45, 7) is 3.81. The van der Waals surface area contributed by atoms with Crippen molar-refractivity contribution in [2.45, 2.75) is 13.8 Å². The number of carbonyl (C=O) groups is 4. The van der Waals surface area contributed by atoms with E-state index in [1.807, 2.05) is 6.92 Å². The minimum absolute atomic E-state index is 0.0613. The van der Waals surface area contributed by atoms with Gasteiger partial charge in [-0.3, -0.25) is 19.2 Å². The first-order valence-electron chi connectivity index (χ1n) is 11.1. The number of ketones is 1. The molecule has 0 bridgehead atoms. The fourth-order valence-corrected chi connectivity index (χ4v) is 3.79. The second-order valence-corrected chi connectivity index (χ2v) is 8.23. The van der Waals surface area contributed by atoms with E-state index in [9.17, 15) is 19.2 Å². The van der Waals surface area contributed by atoms with Crippen molar-refractivity contribution in [1.29, 1.82) is 0 Å². The van der Waals surface area contributed by atoms with Crippen molar-refractivity contribution >= 4 is 52.2 Å². The molecule has 0 unspecified atom stereocenters. The quantitative estimate of drug-likeness (QED) is 0.332. The highest BCUT2D eigenvalue weighted by atomic mass is 35.5. The molecule has 9 heteroatoms. The summed E-state index contributed by atoms with van der Waals surface area (Å²) < 4.78 is 5.39. The van der Waals surface area contributed by atoms with Crippen LogP contribution >= 0.6 is 11.6 Å². The fraction of sp³-hybridized carbons (Fsp3) is 0.111. The molecule has 1 heterocycles. The predicted octanol–water partition coefficient (Wildman–Crippen LogP) is 4.98. The Bertz CT molecular complexity index is 1380. The Morgan fingerprint density at radius 2 is 1.58 bits per heavy atom. The first kappa shape index (κ1) is 24.7. The van der Waals surface area contributed by atoms with Crippen LogP contribution in [0.15, 0.2) is 83.5 Å². The van der Waals surface area contributed by atoms with E-state index in [0.717, 1.165) is 4.90 Å². The van der Waals surface area contributed by atoms with Gasteiger partial charge in [0.15, 0.2) is 5.78 Å². The van der Waals surface area contributed by atoms with Crippen molar-refractivity contribution in [1.82, 2.24) is 0 Å². The van der Waals surface area contributed by atoms with Gasteiger partial charge in [0.25, 0.3) is 17.7 Å². The smallest absolute Gasteiger partial charge is 0.283 e. The Hall–Kier alpha value is -4.43. The molecule has 0 aliphatic carbocycles. The van der Waals surface area contributed by atoms with E-state index in [2.05, 4.69) is 10.6 Å². The number of rotatable bonds is 8. The van der Waals surface area contributed by atoms with Crippen LogP contribution < -0.4 is 20.3 Å². The summed E-state index contributed by atoms with van der Waals surface area (Å²) >= 11 is 6.20. The Morgan fingerprint density at radius 1 is 0.889 bits per heavy atom. The summed E-state index contributed by atoms with van der Waals surface area (Å²) in [4.78, 5) is 50.8. The van der Waals surface area contributed by atoms with Crippen molar-refractivity contribution < 1.29 is 23.9 Å². The zero-order valence-electron chi connectivity index (χ0n) is 19.5. The molecule has 0 saturated carbocycles. The first-order chi connectivity index (χ1) is 17.3. The number of hydrogen-bond acceptors (Lipinski definition) is 6. The van der Waals surface area contributed by atoms with E-state index in [4.69, 9.17) is 16.3 Å². The zero-order chi connectivity index (χ0) is 25.8. The molecule has 1 aliphatic heterocycles. The normalized spacial score (nSPS) is 13.1. The SMILES string of the molecule is CCOc1ccc(N2C(=O)C(Cl)=C(Nc3ccc(C(=O)Nc4cccc(C(C)=O)c4)cc3)C2=O)cc1. The Labute approximate surface area is 212 Å². The molecular formula is C27H22ClN3O5. The number of anilines is 3. The number of ether oxygens (including phenoxy) is 1. The number of benzene rings is 3. The van der Waals surface area contributed by atoms with Gasteiger partial charge < -0.3 is 15.4 Å². The summed E-state index contributed by atoms with van der Waals surface area (Å²) in [7, 11) is 0. The highest BCUT2D eigenvalue weighted by Crippen LogP contribution is 2.31. The molecule has 0 fully saturated rings. The van der Waals surface area contributed by atoms with Crippen LogP contribution in [0, 0.1) is 0 Å². The number of imide groups is 1. The van der Waals surface area contributed by atoms with Crippen molar-refractivity contribution in [3.05, 3.63) is 94.7 Å². The number of amides is 3. The van der Waals surface area contributed by atoms with Crippen LogP contribution in [0.3, 0.4) is 0 Å². The van der Waals surface area contributed by atoms with Crippen molar-refractivity contribution in [2.24, 2.45) is 0 Å². The Kier molecular flexibility index (Phi) is 7.17. The molecule has 0 aromatic heterocycles. The maximum Gasteiger partial charge on any atom is 0.283 e. The highest BCUT2D eigenvalue weighted by Gasteiger charge is 2.39. The van der Waals surface area contributed by atoms with Gasteiger partial charge in [-0.05, 0) is 74.5 Å². The zero-order valence-corrected chi connectivity index (χ0v) is 20.3. The van der Waals surface area contributed by atoms with Crippen molar-refractivity contribution in [2.75, 3.05) is 22.1 Å². The van der Waals surface area contributed by atoms with Gasteiger partial charge in [-0.25, -0.2) is 4.90 Å². The van der Waals surface area contributed by atoms with Crippen LogP contribution in [0.1, 0.15) is 34.6 Å². The molecule has 2 N–H and O–H groups in total. The third kappa shape index (κ3) is 5.13. The molecule has 0 spiro atoms. The molecule has 3 amide bonds. The summed E-state index contributed by atoms with van der Waals surface area (Å²) in [6.07, 6.45) is 0. The maximum atomic E-state index is 13.0. The molecule has 0 radical (unpaired) electrons. The average molecular weight is 504 g/mol. The molecule has 3 aromatic rings. The minimum atomic E-state index is -0.642. The first-order valence-corrected chi connectivity index (χ1v) is 11.5. The second kappa shape index (κ2) is 10.5. The van der Waals surface area contributed by atoms with Crippen LogP contribution in [0.25, 0.3) is 0 Å². The molecule has 4 rings (SSSR count). The van der Waals surface area contributed by atoms with Gasteiger partial charge in [0.2, 0.25) is 0 Å².